The zero-order chi connectivity index (χ0) is 46.5. The minimum atomic E-state index is -0.802. The van der Waals surface area contributed by atoms with Crippen LogP contribution in [-0.2, 0) is 28.6 Å². The predicted molar refractivity (Wildman–Crippen MR) is 274 cm³/mol. The topological polar surface area (TPSA) is 78.9 Å². The third kappa shape index (κ3) is 49.6. The van der Waals surface area contributed by atoms with Crippen LogP contribution in [0.25, 0.3) is 0 Å². The minimum Gasteiger partial charge on any atom is -0.462 e. The van der Waals surface area contributed by atoms with Crippen molar-refractivity contribution in [2.45, 2.75) is 252 Å². The normalized spacial score (nSPS) is 12.7. The van der Waals surface area contributed by atoms with Crippen molar-refractivity contribution >= 4 is 17.9 Å². The molecular weight excluding hydrogens is 793 g/mol. The van der Waals surface area contributed by atoms with E-state index in [1.54, 1.807) is 0 Å². The van der Waals surface area contributed by atoms with Gasteiger partial charge in [-0.25, -0.2) is 0 Å². The number of unbranched alkanes of at least 4 members (excludes halogenated alkanes) is 27. The molecule has 0 aliphatic heterocycles. The summed E-state index contributed by atoms with van der Waals surface area (Å²) >= 11 is 0. The fourth-order valence-electron chi connectivity index (χ4n) is 7.28. The Bertz CT molecular complexity index is 1250. The van der Waals surface area contributed by atoms with Crippen LogP contribution in [0.4, 0.5) is 0 Å². The molecule has 0 N–H and O–H groups in total. The van der Waals surface area contributed by atoms with Crippen molar-refractivity contribution in [3.8, 4) is 0 Å². The number of carbonyl (C=O) groups excluding carboxylic acids is 3. The molecule has 0 fully saturated rings. The second kappa shape index (κ2) is 52.2. The molecular formula is C58H98O6. The Hall–Kier alpha value is -3.41. The summed E-state index contributed by atoms with van der Waals surface area (Å²) in [5.41, 5.74) is 0. The first-order valence-corrected chi connectivity index (χ1v) is 26.7. The van der Waals surface area contributed by atoms with Gasteiger partial charge in [-0.2, -0.15) is 0 Å². The number of rotatable bonds is 47. The van der Waals surface area contributed by atoms with Crippen LogP contribution in [0, 0.1) is 0 Å². The van der Waals surface area contributed by atoms with E-state index >= 15 is 0 Å². The van der Waals surface area contributed by atoms with Gasteiger partial charge in [0.15, 0.2) is 6.10 Å². The van der Waals surface area contributed by atoms with E-state index in [4.69, 9.17) is 14.2 Å². The van der Waals surface area contributed by atoms with E-state index in [0.717, 1.165) is 70.6 Å². The van der Waals surface area contributed by atoms with Crippen molar-refractivity contribution in [3.05, 3.63) is 85.1 Å². The van der Waals surface area contributed by atoms with Crippen LogP contribution >= 0.6 is 0 Å². The van der Waals surface area contributed by atoms with E-state index in [2.05, 4.69) is 57.2 Å². The number of allylic oxidation sites excluding steroid dienone is 14. The summed E-state index contributed by atoms with van der Waals surface area (Å²) < 4.78 is 16.8. The molecule has 0 aromatic carbocycles. The Kier molecular flexibility index (Phi) is 49.4. The smallest absolute Gasteiger partial charge is 0.306 e. The number of hydrogen-bond acceptors (Lipinski definition) is 6. The molecule has 366 valence electrons. The summed E-state index contributed by atoms with van der Waals surface area (Å²) in [7, 11) is 0. The van der Waals surface area contributed by atoms with Crippen LogP contribution in [0.5, 0.6) is 0 Å². The van der Waals surface area contributed by atoms with Crippen LogP contribution < -0.4 is 0 Å². The van der Waals surface area contributed by atoms with Crippen LogP contribution in [0.15, 0.2) is 85.1 Å². The molecule has 6 heteroatoms. The number of ether oxygens (including phenoxy) is 3. The highest BCUT2D eigenvalue weighted by Gasteiger charge is 2.19. The summed E-state index contributed by atoms with van der Waals surface area (Å²) in [5, 5.41) is 0. The summed E-state index contributed by atoms with van der Waals surface area (Å²) in [4.78, 5) is 38.0. The second-order valence-corrected chi connectivity index (χ2v) is 17.6. The largest absolute Gasteiger partial charge is 0.462 e. The van der Waals surface area contributed by atoms with Gasteiger partial charge in [-0.1, -0.05) is 247 Å². The van der Waals surface area contributed by atoms with Gasteiger partial charge in [0.1, 0.15) is 13.2 Å². The maximum atomic E-state index is 12.8. The first-order valence-electron chi connectivity index (χ1n) is 26.7. The molecule has 0 saturated heterocycles. The monoisotopic (exact) mass is 891 g/mol. The summed E-state index contributed by atoms with van der Waals surface area (Å²) in [6.45, 7) is 6.43. The highest BCUT2D eigenvalue weighted by molar-refractivity contribution is 5.71. The summed E-state index contributed by atoms with van der Waals surface area (Å²) in [6, 6.07) is 0. The van der Waals surface area contributed by atoms with Gasteiger partial charge >= 0.3 is 17.9 Å². The van der Waals surface area contributed by atoms with Gasteiger partial charge in [0, 0.05) is 19.3 Å². The molecule has 0 aromatic rings. The fourth-order valence-corrected chi connectivity index (χ4v) is 7.28. The first-order chi connectivity index (χ1) is 31.5. The van der Waals surface area contributed by atoms with Gasteiger partial charge in [0.05, 0.1) is 0 Å². The molecule has 1 unspecified atom stereocenters. The maximum Gasteiger partial charge on any atom is 0.306 e. The molecule has 6 nitrogen and oxygen atoms in total. The third-order valence-corrected chi connectivity index (χ3v) is 11.3. The molecule has 0 rings (SSSR count). The van der Waals surface area contributed by atoms with E-state index < -0.39 is 6.10 Å². The van der Waals surface area contributed by atoms with E-state index in [9.17, 15) is 14.4 Å². The average Bonchev–Trinajstić information content (AvgIpc) is 3.29. The lowest BCUT2D eigenvalue weighted by molar-refractivity contribution is -0.167. The maximum absolute atomic E-state index is 12.8. The lowest BCUT2D eigenvalue weighted by Gasteiger charge is -2.18. The average molecular weight is 891 g/mol. The van der Waals surface area contributed by atoms with Crippen molar-refractivity contribution in [1.82, 2.24) is 0 Å². The van der Waals surface area contributed by atoms with E-state index in [1.807, 2.05) is 48.6 Å². The molecule has 0 radical (unpaired) electrons. The Morgan fingerprint density at radius 3 is 1.02 bits per heavy atom. The lowest BCUT2D eigenvalue weighted by Crippen LogP contribution is -2.30. The number of esters is 3. The van der Waals surface area contributed by atoms with Crippen molar-refractivity contribution in [1.29, 1.82) is 0 Å². The molecule has 1 atom stereocenters. The van der Waals surface area contributed by atoms with Gasteiger partial charge in [0.2, 0.25) is 0 Å². The standard InChI is InChI=1S/C58H98O6/c1-4-7-10-13-16-19-22-25-28-31-33-36-39-42-45-48-51-57(60)63-54-55(64-58(61)52-49-46-43-40-37-34-30-27-24-21-18-15-12-9-6-3)53-62-56(59)50-47-44-41-38-35-32-29-26-23-20-17-14-11-8-5-2/h9,12,15,17-18,20-21,23-24,26-27,30,34,37,55H,4-8,10-11,13-14,16,19,22,25,28-29,31-33,35-36,38-54H2,1-3H3/b12-9-,18-15-,20-17-,24-21-,26-23-,30-27-,37-34-. The molecule has 64 heavy (non-hydrogen) atoms. The molecule has 0 saturated carbocycles. The van der Waals surface area contributed by atoms with Gasteiger partial charge in [-0.3, -0.25) is 14.4 Å². The molecule has 0 heterocycles. The molecule has 0 aromatic heterocycles. The van der Waals surface area contributed by atoms with Gasteiger partial charge in [0.25, 0.3) is 0 Å². The molecule has 0 bridgehead atoms. The van der Waals surface area contributed by atoms with Crippen LogP contribution in [-0.4, -0.2) is 37.2 Å². The van der Waals surface area contributed by atoms with E-state index in [-0.39, 0.29) is 37.5 Å². The van der Waals surface area contributed by atoms with Gasteiger partial charge in [-0.15, -0.1) is 0 Å². The molecule has 0 aliphatic carbocycles. The highest BCUT2D eigenvalue weighted by Crippen LogP contribution is 2.15. The Morgan fingerprint density at radius 2 is 0.609 bits per heavy atom. The minimum absolute atomic E-state index is 0.0964. The third-order valence-electron chi connectivity index (χ3n) is 11.3. The van der Waals surface area contributed by atoms with Gasteiger partial charge < -0.3 is 14.2 Å². The van der Waals surface area contributed by atoms with Crippen molar-refractivity contribution in [2.75, 3.05) is 13.2 Å². The second-order valence-electron chi connectivity index (χ2n) is 17.6. The van der Waals surface area contributed by atoms with Gasteiger partial charge in [-0.05, 0) is 64.2 Å². The number of hydrogen-bond donors (Lipinski definition) is 0. The van der Waals surface area contributed by atoms with Crippen molar-refractivity contribution < 1.29 is 28.6 Å². The molecule has 0 spiro atoms. The number of carbonyl (C=O) groups is 3. The first kappa shape index (κ1) is 60.6. The predicted octanol–water partition coefficient (Wildman–Crippen LogP) is 17.6. The van der Waals surface area contributed by atoms with Crippen molar-refractivity contribution in [3.63, 3.8) is 0 Å². The van der Waals surface area contributed by atoms with E-state index in [0.29, 0.717) is 19.3 Å². The SMILES string of the molecule is CC\C=C/C=C\C=C/C=C\C=C/CCCCCC(=O)OC(COC(=O)CCCCCCCC/C=C\C=C/CCCCC)COC(=O)CCCCCCCCCCCCCCCCCC. The Balaban J connectivity index is 4.47. The Morgan fingerprint density at radius 1 is 0.328 bits per heavy atom. The van der Waals surface area contributed by atoms with Crippen LogP contribution in [0.3, 0.4) is 0 Å². The molecule has 0 aliphatic rings. The quantitative estimate of drug-likeness (QED) is 0.0262. The Labute approximate surface area is 395 Å². The lowest BCUT2D eigenvalue weighted by atomic mass is 10.0. The van der Waals surface area contributed by atoms with E-state index in [1.165, 1.54) is 128 Å². The van der Waals surface area contributed by atoms with Crippen LogP contribution in [0.1, 0.15) is 245 Å². The zero-order valence-corrected chi connectivity index (χ0v) is 41.8. The fraction of sp³-hybridized carbons (Fsp3) is 0.707. The summed E-state index contributed by atoms with van der Waals surface area (Å²) in [6.07, 6.45) is 67.0. The van der Waals surface area contributed by atoms with Crippen molar-refractivity contribution in [2.24, 2.45) is 0 Å². The summed E-state index contributed by atoms with van der Waals surface area (Å²) in [5.74, 6) is -0.947. The highest BCUT2D eigenvalue weighted by atomic mass is 16.6. The van der Waals surface area contributed by atoms with Crippen LogP contribution in [0.2, 0.25) is 0 Å². The zero-order valence-electron chi connectivity index (χ0n) is 41.8. The molecule has 0 amide bonds.